The van der Waals surface area contributed by atoms with Crippen molar-refractivity contribution < 1.29 is 9.84 Å². The van der Waals surface area contributed by atoms with Crippen molar-refractivity contribution in [1.29, 1.82) is 0 Å². The van der Waals surface area contributed by atoms with Crippen LogP contribution < -0.4 is 10.3 Å². The number of aromatic amines is 1. The van der Waals surface area contributed by atoms with Crippen molar-refractivity contribution in [2.75, 3.05) is 13.7 Å². The van der Waals surface area contributed by atoms with E-state index in [1.165, 1.54) is 4.40 Å². The maximum atomic E-state index is 12.8. The number of aromatic nitrogens is 5. The van der Waals surface area contributed by atoms with Gasteiger partial charge in [-0.2, -0.15) is 4.98 Å². The summed E-state index contributed by atoms with van der Waals surface area (Å²) in [5.74, 6) is 1.09. The molecule has 0 aliphatic carbocycles. The minimum absolute atomic E-state index is 0.0811. The van der Waals surface area contributed by atoms with Gasteiger partial charge in [0.2, 0.25) is 5.78 Å². The summed E-state index contributed by atoms with van der Waals surface area (Å²) in [6.07, 6.45) is 1.68. The number of hydrogen-bond acceptors (Lipinski definition) is 5. The molecule has 0 saturated carbocycles. The summed E-state index contributed by atoms with van der Waals surface area (Å²) < 4.78 is 8.91. The molecule has 0 aliphatic heterocycles. The van der Waals surface area contributed by atoms with Crippen molar-refractivity contribution in [3.8, 4) is 17.0 Å². The fraction of sp³-hybridized carbons (Fsp3) is 0.188. The van der Waals surface area contributed by atoms with Gasteiger partial charge in [0.15, 0.2) is 15.9 Å². The molecule has 0 fully saturated rings. The molecule has 9 heteroatoms. The van der Waals surface area contributed by atoms with Crippen molar-refractivity contribution in [1.82, 2.24) is 23.9 Å². The number of H-pyrrole nitrogens is 1. The molecular weight excluding hydrogens is 390 g/mol. The lowest BCUT2D eigenvalue weighted by molar-refractivity contribution is 0.276. The third kappa shape index (κ3) is 2.43. The maximum absolute atomic E-state index is 12.8. The number of fused-ring (bicyclic) bond motifs is 2. The van der Waals surface area contributed by atoms with E-state index in [1.54, 1.807) is 17.9 Å². The molecule has 0 atom stereocenters. The largest absolute Gasteiger partial charge is 0.496 e. The molecule has 25 heavy (non-hydrogen) atoms. The summed E-state index contributed by atoms with van der Waals surface area (Å²) in [6.45, 7) is 0.210. The Labute approximate surface area is 149 Å². The number of nitrogens with one attached hydrogen (secondary N) is 1. The van der Waals surface area contributed by atoms with Crippen LogP contribution in [0.15, 0.2) is 40.0 Å². The number of hydrogen-bond donors (Lipinski definition) is 2. The molecule has 0 unspecified atom stereocenters. The summed E-state index contributed by atoms with van der Waals surface area (Å²) in [5.41, 5.74) is 1.91. The molecule has 0 amide bonds. The smallest absolute Gasteiger partial charge is 0.287 e. The van der Waals surface area contributed by atoms with Crippen LogP contribution in [0.5, 0.6) is 5.75 Å². The molecule has 128 valence electrons. The average Bonchev–Trinajstić information content (AvgIpc) is 3.18. The Morgan fingerprint density at radius 3 is 2.88 bits per heavy atom. The van der Waals surface area contributed by atoms with Crippen LogP contribution in [0.2, 0.25) is 0 Å². The number of rotatable bonds is 4. The van der Waals surface area contributed by atoms with Crippen LogP contribution in [0.3, 0.4) is 0 Å². The second-order valence-electron chi connectivity index (χ2n) is 5.41. The van der Waals surface area contributed by atoms with Crippen LogP contribution in [0.25, 0.3) is 28.2 Å². The minimum atomic E-state index is -0.283. The van der Waals surface area contributed by atoms with Crippen LogP contribution >= 0.6 is 15.9 Å². The van der Waals surface area contributed by atoms with Crippen molar-refractivity contribution in [2.45, 2.75) is 6.54 Å². The molecule has 2 N–H and O–H groups in total. The third-order valence-corrected chi connectivity index (χ3v) is 4.59. The lowest BCUT2D eigenvalue weighted by Gasteiger charge is -2.05. The standard InChI is InChI=1S/C16H14BrN5O3/c1-25-11-5-3-2-4-9(11)10-8-22-14(24)12-13(20-16(22)18-10)21(6-7-23)15(17)19-12/h2-5,8,23H,6-7H2,1H3,(H,18,20). The SMILES string of the molecule is COc1ccccc1-c1cn2c(=O)c3nc(Br)n(CCO)c3nc2[nH]1. The van der Waals surface area contributed by atoms with E-state index in [0.717, 1.165) is 5.56 Å². The fourth-order valence-electron chi connectivity index (χ4n) is 2.83. The van der Waals surface area contributed by atoms with Gasteiger partial charge in [0.25, 0.3) is 5.56 Å². The minimum Gasteiger partial charge on any atom is -0.496 e. The number of aliphatic hydroxyl groups excluding tert-OH is 1. The number of imidazole rings is 2. The summed E-state index contributed by atoms with van der Waals surface area (Å²) in [6, 6.07) is 7.52. The van der Waals surface area contributed by atoms with Crippen molar-refractivity contribution >= 4 is 32.9 Å². The lowest BCUT2D eigenvalue weighted by atomic mass is 10.1. The molecule has 3 aromatic heterocycles. The first-order valence-corrected chi connectivity index (χ1v) is 8.34. The highest BCUT2D eigenvalue weighted by Crippen LogP contribution is 2.28. The molecule has 0 saturated heterocycles. The quantitative estimate of drug-likeness (QED) is 0.506. The normalized spacial score (nSPS) is 11.5. The van der Waals surface area contributed by atoms with E-state index in [0.29, 0.717) is 34.1 Å². The van der Waals surface area contributed by atoms with Gasteiger partial charge in [-0.3, -0.25) is 4.79 Å². The van der Waals surface area contributed by atoms with Gasteiger partial charge in [-0.1, -0.05) is 12.1 Å². The first-order chi connectivity index (χ1) is 12.1. The molecule has 0 aliphatic rings. The maximum Gasteiger partial charge on any atom is 0.287 e. The van der Waals surface area contributed by atoms with Crippen LogP contribution in [0, 0.1) is 0 Å². The highest BCUT2D eigenvalue weighted by Gasteiger charge is 2.17. The Hall–Kier alpha value is -2.65. The lowest BCUT2D eigenvalue weighted by Crippen LogP contribution is -2.14. The molecule has 3 heterocycles. The van der Waals surface area contributed by atoms with E-state index < -0.39 is 0 Å². The molecule has 4 rings (SSSR count). The van der Waals surface area contributed by atoms with Gasteiger partial charge >= 0.3 is 0 Å². The molecule has 4 aromatic rings. The zero-order chi connectivity index (χ0) is 17.6. The predicted molar refractivity (Wildman–Crippen MR) is 95.9 cm³/mol. The second kappa shape index (κ2) is 6.01. The van der Waals surface area contributed by atoms with Crippen LogP contribution in [-0.2, 0) is 6.54 Å². The third-order valence-electron chi connectivity index (χ3n) is 3.98. The number of ether oxygens (including phenoxy) is 1. The van der Waals surface area contributed by atoms with Gasteiger partial charge in [-0.15, -0.1) is 0 Å². The fourth-order valence-corrected chi connectivity index (χ4v) is 3.35. The summed E-state index contributed by atoms with van der Waals surface area (Å²) >= 11 is 3.30. The number of para-hydroxylation sites is 1. The van der Waals surface area contributed by atoms with E-state index in [1.807, 2.05) is 24.3 Å². The van der Waals surface area contributed by atoms with E-state index in [9.17, 15) is 9.90 Å². The molecule has 0 bridgehead atoms. The number of nitrogens with zero attached hydrogens (tertiary/aromatic N) is 4. The number of methoxy groups -OCH3 is 1. The zero-order valence-corrected chi connectivity index (χ0v) is 14.8. The molecule has 8 nitrogen and oxygen atoms in total. The molecule has 0 radical (unpaired) electrons. The van der Waals surface area contributed by atoms with E-state index in [2.05, 4.69) is 30.9 Å². The molecule has 0 spiro atoms. The Balaban J connectivity index is 1.99. The van der Waals surface area contributed by atoms with Crippen molar-refractivity contribution in [3.05, 3.63) is 45.5 Å². The van der Waals surface area contributed by atoms with Crippen LogP contribution in [-0.4, -0.2) is 42.7 Å². The summed E-state index contributed by atoms with van der Waals surface area (Å²) in [5, 5.41) is 9.21. The second-order valence-corrected chi connectivity index (χ2v) is 6.12. The van der Waals surface area contributed by atoms with Crippen molar-refractivity contribution in [2.24, 2.45) is 0 Å². The number of aliphatic hydroxyl groups is 1. The summed E-state index contributed by atoms with van der Waals surface area (Å²) in [7, 11) is 1.60. The van der Waals surface area contributed by atoms with E-state index >= 15 is 0 Å². The molecular formula is C16H14BrN5O3. The monoisotopic (exact) mass is 403 g/mol. The van der Waals surface area contributed by atoms with E-state index in [4.69, 9.17) is 4.74 Å². The number of benzene rings is 1. The Morgan fingerprint density at radius 1 is 1.32 bits per heavy atom. The first-order valence-electron chi connectivity index (χ1n) is 7.55. The zero-order valence-electron chi connectivity index (χ0n) is 13.2. The topological polar surface area (TPSA) is 97.4 Å². The Bertz CT molecular complexity index is 1140. The highest BCUT2D eigenvalue weighted by molar-refractivity contribution is 9.10. The Kier molecular flexibility index (Phi) is 3.81. The van der Waals surface area contributed by atoms with Gasteiger partial charge < -0.3 is 19.4 Å². The van der Waals surface area contributed by atoms with Crippen molar-refractivity contribution in [3.63, 3.8) is 0 Å². The highest BCUT2D eigenvalue weighted by atomic mass is 79.9. The first kappa shape index (κ1) is 15.9. The van der Waals surface area contributed by atoms with Gasteiger partial charge in [-0.05, 0) is 28.1 Å². The molecule has 1 aromatic carbocycles. The van der Waals surface area contributed by atoms with Crippen LogP contribution in [0.1, 0.15) is 0 Å². The van der Waals surface area contributed by atoms with Gasteiger partial charge in [0.05, 0.1) is 19.4 Å². The summed E-state index contributed by atoms with van der Waals surface area (Å²) in [4.78, 5) is 24.7. The van der Waals surface area contributed by atoms with Gasteiger partial charge in [0.1, 0.15) is 5.75 Å². The predicted octanol–water partition coefficient (Wildman–Crippen LogP) is 1.80. The van der Waals surface area contributed by atoms with E-state index in [-0.39, 0.29) is 17.7 Å². The average molecular weight is 404 g/mol. The van der Waals surface area contributed by atoms with Gasteiger partial charge in [-0.25, -0.2) is 9.38 Å². The Morgan fingerprint density at radius 2 is 2.12 bits per heavy atom. The number of halogens is 1. The van der Waals surface area contributed by atoms with Crippen LogP contribution in [0.4, 0.5) is 0 Å². The van der Waals surface area contributed by atoms with Gasteiger partial charge in [0, 0.05) is 18.3 Å².